The molecule has 1 heterocycles. The number of ether oxygens (including phenoxy) is 1. The molecule has 7 heteroatoms. The molecule has 1 aromatic carbocycles. The molecule has 1 atom stereocenters. The van der Waals surface area contributed by atoms with Gasteiger partial charge in [-0.25, -0.2) is 0 Å². The Morgan fingerprint density at radius 1 is 1.28 bits per heavy atom. The van der Waals surface area contributed by atoms with Gasteiger partial charge in [0, 0.05) is 24.4 Å². The van der Waals surface area contributed by atoms with Crippen molar-refractivity contribution in [2.24, 2.45) is 0 Å². The third-order valence-corrected chi connectivity index (χ3v) is 5.34. The van der Waals surface area contributed by atoms with E-state index in [4.69, 9.17) is 4.74 Å². The van der Waals surface area contributed by atoms with Crippen molar-refractivity contribution in [2.75, 3.05) is 0 Å². The maximum atomic E-state index is 12.4. The van der Waals surface area contributed by atoms with E-state index >= 15 is 0 Å². The number of carbonyl (C=O) groups is 1. The fourth-order valence-electron chi connectivity index (χ4n) is 3.46. The monoisotopic (exact) mass is 398 g/mol. The van der Waals surface area contributed by atoms with Gasteiger partial charge in [-0.05, 0) is 38.3 Å². The van der Waals surface area contributed by atoms with Gasteiger partial charge in [-0.2, -0.15) is 0 Å². The zero-order valence-electron chi connectivity index (χ0n) is 17.2. The minimum Gasteiger partial charge on any atom is -0.491 e. The number of H-pyrrole nitrogens is 1. The molecule has 0 spiro atoms. The summed E-state index contributed by atoms with van der Waals surface area (Å²) < 4.78 is 5.82. The maximum absolute atomic E-state index is 12.4. The number of aromatic nitrogens is 3. The Bertz CT molecular complexity index is 874. The van der Waals surface area contributed by atoms with Gasteiger partial charge in [-0.15, -0.1) is 10.2 Å². The van der Waals surface area contributed by atoms with E-state index in [1.54, 1.807) is 0 Å². The molecule has 1 fully saturated rings. The Balaban J connectivity index is 1.60. The summed E-state index contributed by atoms with van der Waals surface area (Å²) in [4.78, 5) is 27.3. The molecule has 0 bridgehead atoms. The summed E-state index contributed by atoms with van der Waals surface area (Å²) in [6.07, 6.45) is 7.20. The van der Waals surface area contributed by atoms with Crippen molar-refractivity contribution in [3.8, 4) is 17.1 Å². The van der Waals surface area contributed by atoms with Crippen LogP contribution in [0.15, 0.2) is 29.1 Å². The number of nitrogens with zero attached hydrogens (tertiary/aromatic N) is 2. The number of hydrogen-bond acceptors (Lipinski definition) is 5. The first-order valence-electron chi connectivity index (χ1n) is 10.6. The number of rotatable bonds is 8. The van der Waals surface area contributed by atoms with Crippen LogP contribution in [-0.2, 0) is 11.2 Å². The van der Waals surface area contributed by atoms with Gasteiger partial charge < -0.3 is 15.0 Å². The summed E-state index contributed by atoms with van der Waals surface area (Å²) in [5.74, 6) is 1.08. The fraction of sp³-hybridized carbons (Fsp3) is 0.545. The zero-order chi connectivity index (χ0) is 20.6. The third-order valence-electron chi connectivity index (χ3n) is 5.34. The highest BCUT2D eigenvalue weighted by atomic mass is 16.5. The molecule has 1 aliphatic rings. The SMILES string of the molecule is CC[C@@H](C)Oc1cccc(-c2nnc(CCC(=O)NC3CCCCC3)c(=O)[nH]2)c1. The van der Waals surface area contributed by atoms with Crippen LogP contribution in [-0.4, -0.2) is 33.2 Å². The lowest BCUT2D eigenvalue weighted by atomic mass is 9.95. The first-order valence-corrected chi connectivity index (χ1v) is 10.6. The normalized spacial score (nSPS) is 15.7. The highest BCUT2D eigenvalue weighted by Crippen LogP contribution is 2.21. The average molecular weight is 399 g/mol. The van der Waals surface area contributed by atoms with Crippen molar-refractivity contribution in [3.05, 3.63) is 40.3 Å². The summed E-state index contributed by atoms with van der Waals surface area (Å²) in [5.41, 5.74) is 0.699. The summed E-state index contributed by atoms with van der Waals surface area (Å²) in [6.45, 7) is 4.07. The number of nitrogens with one attached hydrogen (secondary N) is 2. The second-order valence-corrected chi connectivity index (χ2v) is 7.72. The van der Waals surface area contributed by atoms with Crippen LogP contribution in [0.3, 0.4) is 0 Å². The van der Waals surface area contributed by atoms with Gasteiger partial charge >= 0.3 is 0 Å². The van der Waals surface area contributed by atoms with Crippen LogP contribution in [0.2, 0.25) is 0 Å². The Morgan fingerprint density at radius 3 is 2.79 bits per heavy atom. The van der Waals surface area contributed by atoms with E-state index in [9.17, 15) is 9.59 Å². The van der Waals surface area contributed by atoms with Crippen LogP contribution >= 0.6 is 0 Å². The molecule has 1 amide bonds. The van der Waals surface area contributed by atoms with Gasteiger partial charge in [0.05, 0.1) is 6.10 Å². The lowest BCUT2D eigenvalue weighted by Crippen LogP contribution is -2.36. The molecule has 2 aromatic rings. The number of hydrogen-bond donors (Lipinski definition) is 2. The first-order chi connectivity index (χ1) is 14.0. The van der Waals surface area contributed by atoms with Crippen LogP contribution in [0.25, 0.3) is 11.4 Å². The summed E-state index contributed by atoms with van der Waals surface area (Å²) >= 11 is 0. The van der Waals surface area contributed by atoms with E-state index in [0.29, 0.717) is 5.82 Å². The van der Waals surface area contributed by atoms with Gasteiger partial charge in [0.1, 0.15) is 11.4 Å². The van der Waals surface area contributed by atoms with Gasteiger partial charge in [0.25, 0.3) is 5.56 Å². The van der Waals surface area contributed by atoms with Crippen molar-refractivity contribution < 1.29 is 9.53 Å². The van der Waals surface area contributed by atoms with E-state index in [2.05, 4.69) is 27.4 Å². The highest BCUT2D eigenvalue weighted by molar-refractivity contribution is 5.76. The Morgan fingerprint density at radius 2 is 2.07 bits per heavy atom. The lowest BCUT2D eigenvalue weighted by molar-refractivity contribution is -0.122. The zero-order valence-corrected chi connectivity index (χ0v) is 17.2. The number of aryl methyl sites for hydroxylation is 1. The van der Waals surface area contributed by atoms with E-state index < -0.39 is 0 Å². The topological polar surface area (TPSA) is 97.0 Å². The van der Waals surface area contributed by atoms with Crippen LogP contribution in [0.1, 0.15) is 64.5 Å². The van der Waals surface area contributed by atoms with Crippen molar-refractivity contribution >= 4 is 5.91 Å². The Kier molecular flexibility index (Phi) is 7.38. The molecule has 7 nitrogen and oxygen atoms in total. The molecule has 156 valence electrons. The minimum absolute atomic E-state index is 0.0305. The number of benzene rings is 1. The number of aromatic amines is 1. The average Bonchev–Trinajstić information content (AvgIpc) is 2.73. The molecule has 0 saturated heterocycles. The third kappa shape index (κ3) is 6.14. The van der Waals surface area contributed by atoms with Crippen LogP contribution in [0.4, 0.5) is 0 Å². The molecular formula is C22H30N4O3. The second kappa shape index (κ2) is 10.2. The van der Waals surface area contributed by atoms with E-state index in [1.807, 2.05) is 31.2 Å². The van der Waals surface area contributed by atoms with E-state index in [0.717, 1.165) is 30.6 Å². The summed E-state index contributed by atoms with van der Waals surface area (Å²) in [6, 6.07) is 7.69. The molecule has 1 aromatic heterocycles. The van der Waals surface area contributed by atoms with Crippen LogP contribution in [0, 0.1) is 0 Å². The predicted molar refractivity (Wildman–Crippen MR) is 112 cm³/mol. The molecule has 0 aliphatic heterocycles. The van der Waals surface area contributed by atoms with Gasteiger partial charge in [-0.1, -0.05) is 38.3 Å². The van der Waals surface area contributed by atoms with Crippen LogP contribution < -0.4 is 15.6 Å². The molecule has 2 N–H and O–H groups in total. The molecule has 3 rings (SSSR count). The fourth-order valence-corrected chi connectivity index (χ4v) is 3.46. The Hall–Kier alpha value is -2.70. The van der Waals surface area contributed by atoms with Gasteiger partial charge in [0.15, 0.2) is 5.82 Å². The molecular weight excluding hydrogens is 368 g/mol. The van der Waals surface area contributed by atoms with Gasteiger partial charge in [0.2, 0.25) is 5.91 Å². The van der Waals surface area contributed by atoms with E-state index in [1.165, 1.54) is 19.3 Å². The molecule has 1 aliphatic carbocycles. The highest BCUT2D eigenvalue weighted by Gasteiger charge is 2.16. The maximum Gasteiger partial charge on any atom is 0.273 e. The predicted octanol–water partition coefficient (Wildman–Crippen LogP) is 3.39. The standard InChI is InChI=1S/C22H30N4O3/c1-3-15(2)29-18-11-7-8-16(14-18)21-24-22(28)19(25-26-21)12-13-20(27)23-17-9-5-4-6-10-17/h7-8,11,14-15,17H,3-6,9-10,12-13H2,1-2H3,(H,23,27)(H,24,26,28)/t15-/m1/s1. The number of carbonyl (C=O) groups excluding carboxylic acids is 1. The molecule has 29 heavy (non-hydrogen) atoms. The molecule has 1 saturated carbocycles. The summed E-state index contributed by atoms with van der Waals surface area (Å²) in [7, 11) is 0. The van der Waals surface area contributed by atoms with Crippen molar-refractivity contribution in [1.82, 2.24) is 20.5 Å². The lowest BCUT2D eigenvalue weighted by Gasteiger charge is -2.22. The first kappa shape index (κ1) is 21.0. The van der Waals surface area contributed by atoms with Gasteiger partial charge in [-0.3, -0.25) is 9.59 Å². The van der Waals surface area contributed by atoms with Crippen molar-refractivity contribution in [2.45, 2.75) is 77.4 Å². The van der Waals surface area contributed by atoms with E-state index in [-0.39, 0.29) is 42.1 Å². The number of amides is 1. The smallest absolute Gasteiger partial charge is 0.273 e. The quantitative estimate of drug-likeness (QED) is 0.710. The van der Waals surface area contributed by atoms with Crippen molar-refractivity contribution in [1.29, 1.82) is 0 Å². The Labute approximate surface area is 171 Å². The minimum atomic E-state index is -0.311. The second-order valence-electron chi connectivity index (χ2n) is 7.72. The van der Waals surface area contributed by atoms with Crippen LogP contribution in [0.5, 0.6) is 5.75 Å². The summed E-state index contributed by atoms with van der Waals surface area (Å²) in [5, 5.41) is 11.3. The molecule has 0 radical (unpaired) electrons. The molecule has 0 unspecified atom stereocenters. The largest absolute Gasteiger partial charge is 0.491 e. The van der Waals surface area contributed by atoms with Crippen molar-refractivity contribution in [3.63, 3.8) is 0 Å².